The van der Waals surface area contributed by atoms with Crippen molar-refractivity contribution in [2.75, 3.05) is 26.4 Å². The Bertz CT molecular complexity index is 287. The Morgan fingerprint density at radius 3 is 0.913 bits per heavy atom. The van der Waals surface area contributed by atoms with Crippen molar-refractivity contribution in [3.05, 3.63) is 0 Å². The van der Waals surface area contributed by atoms with Gasteiger partial charge in [-0.3, -0.25) is 9.13 Å². The molecular weight excluding hydrogens is 453 g/mol. The van der Waals surface area contributed by atoms with Crippen LogP contribution in [0.15, 0.2) is 0 Å². The summed E-state index contributed by atoms with van der Waals surface area (Å²) in [5.41, 5.74) is 0. The van der Waals surface area contributed by atoms with Crippen LogP contribution in [0.1, 0.15) is 53.4 Å². The van der Waals surface area contributed by atoms with Gasteiger partial charge in [-0.05, 0) is 25.7 Å². The fourth-order valence-electron chi connectivity index (χ4n) is 0.887. The van der Waals surface area contributed by atoms with Crippen LogP contribution in [0.5, 0.6) is 0 Å². The average Bonchev–Trinajstić information content (AvgIpc) is 2.48. The van der Waals surface area contributed by atoms with Gasteiger partial charge in [0.2, 0.25) is 0 Å². The molecule has 138 valence electrons. The second-order valence-electron chi connectivity index (χ2n) is 4.23. The van der Waals surface area contributed by atoms with Crippen molar-refractivity contribution >= 4 is 39.6 Å². The molecule has 0 saturated carbocycles. The molecule has 0 spiro atoms. The van der Waals surface area contributed by atoms with Crippen molar-refractivity contribution in [1.29, 1.82) is 0 Å². The minimum Gasteiger partial charge on any atom is -0.756 e. The Labute approximate surface area is 156 Å². The monoisotopic (exact) mass is 482 g/mol. The van der Waals surface area contributed by atoms with Crippen LogP contribution in [-0.2, 0) is 27.2 Å². The van der Waals surface area contributed by atoms with Gasteiger partial charge in [-0.2, -0.15) is 0 Å². The van der Waals surface area contributed by atoms with E-state index in [0.29, 0.717) is 25.7 Å². The summed E-state index contributed by atoms with van der Waals surface area (Å²) in [4.78, 5) is 21.5. The van der Waals surface area contributed by atoms with Gasteiger partial charge >= 0.3 is 23.9 Å². The van der Waals surface area contributed by atoms with Crippen LogP contribution in [0.2, 0.25) is 0 Å². The van der Waals surface area contributed by atoms with E-state index < -0.39 is 15.6 Å². The molecule has 0 aromatic heterocycles. The molecule has 0 saturated heterocycles. The van der Waals surface area contributed by atoms with Crippen LogP contribution < -0.4 is 9.79 Å². The van der Waals surface area contributed by atoms with E-state index in [-0.39, 0.29) is 50.3 Å². The predicted octanol–water partition coefficient (Wildman–Crippen LogP) is 2.24. The molecule has 0 unspecified atom stereocenters. The third kappa shape index (κ3) is 23.0. The Hall–Kier alpha value is 1.02. The van der Waals surface area contributed by atoms with E-state index in [1.807, 2.05) is 27.7 Å². The average molecular weight is 481 g/mol. The zero-order valence-electron chi connectivity index (χ0n) is 14.3. The molecule has 0 aromatic rings. The van der Waals surface area contributed by atoms with E-state index in [1.54, 1.807) is 0 Å². The fraction of sp³-hybridized carbons (Fsp3) is 1.00. The quantitative estimate of drug-likeness (QED) is 0.308. The molecule has 0 atom stereocenters. The Balaban J connectivity index is -0.000000333. The van der Waals surface area contributed by atoms with E-state index in [4.69, 9.17) is 0 Å². The molecule has 0 heterocycles. The summed E-state index contributed by atoms with van der Waals surface area (Å²) < 4.78 is 39.3. The van der Waals surface area contributed by atoms with Crippen molar-refractivity contribution in [3.8, 4) is 0 Å². The molecule has 8 nitrogen and oxygen atoms in total. The Morgan fingerprint density at radius 2 is 0.783 bits per heavy atom. The third-order valence-corrected chi connectivity index (χ3v) is 3.81. The number of hydrogen-bond acceptors (Lipinski definition) is 8. The summed E-state index contributed by atoms with van der Waals surface area (Å²) in [6.45, 7) is 8.13. The SMILES string of the molecule is CCCOP(=O)([O-])OCCC.CCCOP(=O)([O-])OCCC.[Sn+2]. The molecule has 0 aromatic carbocycles. The summed E-state index contributed by atoms with van der Waals surface area (Å²) in [7, 11) is -7.95. The maximum atomic E-state index is 10.7. The van der Waals surface area contributed by atoms with E-state index >= 15 is 0 Å². The molecule has 0 N–H and O–H groups in total. The van der Waals surface area contributed by atoms with Crippen LogP contribution in [0, 0.1) is 0 Å². The fourth-order valence-corrected chi connectivity index (χ4v) is 2.66. The van der Waals surface area contributed by atoms with E-state index in [1.165, 1.54) is 0 Å². The molecule has 0 amide bonds. The third-order valence-electron chi connectivity index (χ3n) is 1.81. The second kappa shape index (κ2) is 17.8. The van der Waals surface area contributed by atoms with Crippen LogP contribution >= 0.6 is 15.6 Å². The first-order valence-electron chi connectivity index (χ1n) is 7.44. The normalized spacial score (nSPS) is 11.4. The molecular formula is C12H28O8P2Sn. The zero-order chi connectivity index (χ0) is 17.5. The number of phosphoric acid groups is 2. The van der Waals surface area contributed by atoms with Crippen molar-refractivity contribution in [2.45, 2.75) is 53.4 Å². The van der Waals surface area contributed by atoms with Crippen LogP contribution in [-0.4, -0.2) is 50.3 Å². The largest absolute Gasteiger partial charge is 2.00 e. The van der Waals surface area contributed by atoms with Crippen molar-refractivity contribution in [3.63, 3.8) is 0 Å². The van der Waals surface area contributed by atoms with Gasteiger partial charge in [0.1, 0.15) is 0 Å². The van der Waals surface area contributed by atoms with E-state index in [0.717, 1.165) is 0 Å². The van der Waals surface area contributed by atoms with Gasteiger partial charge < -0.3 is 27.9 Å². The number of phosphoric ester groups is 2. The van der Waals surface area contributed by atoms with E-state index in [9.17, 15) is 18.9 Å². The number of hydrogen-bond donors (Lipinski definition) is 0. The first-order valence-corrected chi connectivity index (χ1v) is 10.4. The predicted molar refractivity (Wildman–Crippen MR) is 85.9 cm³/mol. The smallest absolute Gasteiger partial charge is 0.756 e. The van der Waals surface area contributed by atoms with Gasteiger partial charge in [0, 0.05) is 0 Å². The summed E-state index contributed by atoms with van der Waals surface area (Å²) in [6, 6.07) is 0. The van der Waals surface area contributed by atoms with Gasteiger partial charge in [0.15, 0.2) is 0 Å². The summed E-state index contributed by atoms with van der Waals surface area (Å²) in [5.74, 6) is 0. The topological polar surface area (TPSA) is 117 Å². The van der Waals surface area contributed by atoms with Crippen molar-refractivity contribution in [1.82, 2.24) is 0 Å². The molecule has 0 rings (SSSR count). The minimum atomic E-state index is -3.98. The van der Waals surface area contributed by atoms with E-state index in [2.05, 4.69) is 18.1 Å². The van der Waals surface area contributed by atoms with Crippen LogP contribution in [0.3, 0.4) is 0 Å². The first kappa shape index (κ1) is 28.8. The second-order valence-corrected chi connectivity index (χ2v) is 7.05. The maximum absolute atomic E-state index is 10.7. The van der Waals surface area contributed by atoms with Crippen molar-refractivity contribution < 1.29 is 37.0 Å². The number of rotatable bonds is 12. The van der Waals surface area contributed by atoms with Crippen LogP contribution in [0.4, 0.5) is 0 Å². The Morgan fingerprint density at radius 1 is 0.609 bits per heavy atom. The molecule has 0 fully saturated rings. The summed E-state index contributed by atoms with van der Waals surface area (Å²) in [5, 5.41) is 0. The minimum absolute atomic E-state index is 0. The molecule has 0 aliphatic carbocycles. The first-order chi connectivity index (χ1) is 10.2. The molecule has 23 heavy (non-hydrogen) atoms. The molecule has 0 aliphatic rings. The van der Waals surface area contributed by atoms with Crippen molar-refractivity contribution in [2.24, 2.45) is 0 Å². The molecule has 11 heteroatoms. The molecule has 0 aliphatic heterocycles. The van der Waals surface area contributed by atoms with Gasteiger partial charge in [0.25, 0.3) is 15.6 Å². The van der Waals surface area contributed by atoms with Gasteiger partial charge in [-0.1, -0.05) is 27.7 Å². The van der Waals surface area contributed by atoms with Gasteiger partial charge in [-0.25, -0.2) is 0 Å². The molecule has 2 radical (unpaired) electrons. The summed E-state index contributed by atoms with van der Waals surface area (Å²) >= 11 is 0. The van der Waals surface area contributed by atoms with Gasteiger partial charge in [0.05, 0.1) is 26.4 Å². The Kier molecular flexibility index (Phi) is 22.3. The molecule has 0 bridgehead atoms. The standard InChI is InChI=1S/2C6H15O4P.Sn/c2*1-3-5-9-11(7,8)10-6-4-2;/h2*3-6H2,1-2H3,(H,7,8);/q;;+2/p-2. The zero-order valence-corrected chi connectivity index (χ0v) is 19.0. The maximum Gasteiger partial charge on any atom is 2.00 e. The van der Waals surface area contributed by atoms with Crippen LogP contribution in [0.25, 0.3) is 0 Å². The summed E-state index contributed by atoms with van der Waals surface area (Å²) in [6.07, 6.45) is 2.67. The van der Waals surface area contributed by atoms with Gasteiger partial charge in [-0.15, -0.1) is 0 Å².